The summed E-state index contributed by atoms with van der Waals surface area (Å²) < 4.78 is 10.5. The molecule has 2 atom stereocenters. The number of hydrogen-bond acceptors (Lipinski definition) is 3. The summed E-state index contributed by atoms with van der Waals surface area (Å²) in [6, 6.07) is 16.1. The fourth-order valence-corrected chi connectivity index (χ4v) is 2.85. The summed E-state index contributed by atoms with van der Waals surface area (Å²) in [6.07, 6.45) is 1.03. The molecule has 0 spiro atoms. The van der Waals surface area contributed by atoms with Crippen LogP contribution >= 0.6 is 0 Å². The third-order valence-electron chi connectivity index (χ3n) is 4.52. The standard InChI is InChI=1S/C20H24O3/c1-14(13-21)15(2)20(16-5-9-18(22-3)10-6-16)17-7-11-19(23-4)12-8-17/h5-15,20H,1-4H3/t14-,15+/m0/s1. The van der Waals surface area contributed by atoms with E-state index in [2.05, 4.69) is 31.2 Å². The van der Waals surface area contributed by atoms with Crippen LogP contribution < -0.4 is 9.47 Å². The van der Waals surface area contributed by atoms with Gasteiger partial charge in [0.05, 0.1) is 14.2 Å². The molecule has 2 aromatic rings. The van der Waals surface area contributed by atoms with Gasteiger partial charge in [0.2, 0.25) is 0 Å². The Labute approximate surface area is 138 Å². The molecule has 0 radical (unpaired) electrons. The fraction of sp³-hybridized carbons (Fsp3) is 0.350. The van der Waals surface area contributed by atoms with Crippen LogP contribution in [0.2, 0.25) is 0 Å². The van der Waals surface area contributed by atoms with Gasteiger partial charge in [-0.1, -0.05) is 38.1 Å². The quantitative estimate of drug-likeness (QED) is 0.715. The first-order chi connectivity index (χ1) is 11.1. The van der Waals surface area contributed by atoms with Gasteiger partial charge in [0.1, 0.15) is 17.8 Å². The maximum absolute atomic E-state index is 11.3. The first kappa shape index (κ1) is 17.1. The van der Waals surface area contributed by atoms with E-state index in [0.29, 0.717) is 0 Å². The summed E-state index contributed by atoms with van der Waals surface area (Å²) in [6.45, 7) is 4.09. The van der Waals surface area contributed by atoms with E-state index in [1.165, 1.54) is 11.1 Å². The number of ether oxygens (including phenoxy) is 2. The molecule has 0 saturated heterocycles. The van der Waals surface area contributed by atoms with Gasteiger partial charge in [-0.2, -0.15) is 0 Å². The van der Waals surface area contributed by atoms with Crippen molar-refractivity contribution in [3.8, 4) is 11.5 Å². The van der Waals surface area contributed by atoms with Crippen LogP contribution in [0.4, 0.5) is 0 Å². The van der Waals surface area contributed by atoms with Gasteiger partial charge in [0.15, 0.2) is 0 Å². The Bertz CT molecular complexity index is 569. The molecule has 0 unspecified atom stereocenters. The van der Waals surface area contributed by atoms with E-state index >= 15 is 0 Å². The van der Waals surface area contributed by atoms with E-state index < -0.39 is 0 Å². The van der Waals surface area contributed by atoms with E-state index in [-0.39, 0.29) is 17.8 Å². The van der Waals surface area contributed by atoms with E-state index in [4.69, 9.17) is 9.47 Å². The van der Waals surface area contributed by atoms with Crippen molar-refractivity contribution in [2.75, 3.05) is 14.2 Å². The predicted octanol–water partition coefficient (Wildman–Crippen LogP) is 4.31. The molecular formula is C20H24O3. The molecule has 0 saturated carbocycles. The van der Waals surface area contributed by atoms with E-state index in [9.17, 15) is 4.79 Å². The molecule has 0 fully saturated rings. The summed E-state index contributed by atoms with van der Waals surface area (Å²) >= 11 is 0. The fourth-order valence-electron chi connectivity index (χ4n) is 2.85. The van der Waals surface area contributed by atoms with Crippen molar-refractivity contribution >= 4 is 6.29 Å². The van der Waals surface area contributed by atoms with Gasteiger partial charge < -0.3 is 14.3 Å². The van der Waals surface area contributed by atoms with Gasteiger partial charge in [0, 0.05) is 11.8 Å². The second-order valence-corrected chi connectivity index (χ2v) is 5.88. The zero-order valence-electron chi connectivity index (χ0n) is 14.2. The van der Waals surface area contributed by atoms with Gasteiger partial charge >= 0.3 is 0 Å². The minimum absolute atomic E-state index is 0.0239. The van der Waals surface area contributed by atoms with Crippen LogP contribution in [0, 0.1) is 11.8 Å². The largest absolute Gasteiger partial charge is 0.497 e. The Morgan fingerprint density at radius 1 is 0.783 bits per heavy atom. The average Bonchev–Trinajstić information content (AvgIpc) is 2.62. The van der Waals surface area contributed by atoms with Crippen molar-refractivity contribution in [3.63, 3.8) is 0 Å². The van der Waals surface area contributed by atoms with E-state index in [1.54, 1.807) is 14.2 Å². The lowest BCUT2D eigenvalue weighted by atomic mass is 9.76. The molecule has 0 heterocycles. The first-order valence-corrected chi connectivity index (χ1v) is 7.84. The monoisotopic (exact) mass is 312 g/mol. The molecule has 3 nitrogen and oxygen atoms in total. The molecule has 2 aromatic carbocycles. The maximum atomic E-state index is 11.3. The summed E-state index contributed by atoms with van der Waals surface area (Å²) in [5.41, 5.74) is 2.36. The maximum Gasteiger partial charge on any atom is 0.123 e. The van der Waals surface area contributed by atoms with E-state index in [1.807, 2.05) is 31.2 Å². The third-order valence-corrected chi connectivity index (χ3v) is 4.52. The molecule has 0 aliphatic heterocycles. The lowest BCUT2D eigenvalue weighted by Gasteiger charge is -2.27. The molecule has 0 bridgehead atoms. The normalized spacial score (nSPS) is 13.4. The average molecular weight is 312 g/mol. The minimum Gasteiger partial charge on any atom is -0.497 e. The van der Waals surface area contributed by atoms with Crippen LogP contribution in [0.1, 0.15) is 30.9 Å². The minimum atomic E-state index is -0.0239. The van der Waals surface area contributed by atoms with Crippen LogP contribution in [0.15, 0.2) is 48.5 Å². The van der Waals surface area contributed by atoms with Gasteiger partial charge in [0.25, 0.3) is 0 Å². The number of hydrogen-bond donors (Lipinski definition) is 0. The Morgan fingerprint density at radius 3 is 1.48 bits per heavy atom. The molecule has 0 N–H and O–H groups in total. The lowest BCUT2D eigenvalue weighted by Crippen LogP contribution is -2.19. The number of aldehydes is 1. The molecule has 2 rings (SSSR count). The van der Waals surface area contributed by atoms with Gasteiger partial charge in [-0.05, 0) is 41.3 Å². The highest BCUT2D eigenvalue weighted by Gasteiger charge is 2.25. The Hall–Kier alpha value is -2.29. The number of rotatable bonds is 7. The highest BCUT2D eigenvalue weighted by Crippen LogP contribution is 2.36. The van der Waals surface area contributed by atoms with Crippen molar-refractivity contribution in [1.29, 1.82) is 0 Å². The van der Waals surface area contributed by atoms with Crippen LogP contribution in [0.5, 0.6) is 11.5 Å². The molecule has 0 aromatic heterocycles. The molecule has 23 heavy (non-hydrogen) atoms. The summed E-state index contributed by atoms with van der Waals surface area (Å²) in [4.78, 5) is 11.3. The molecular weight excluding hydrogens is 288 g/mol. The third kappa shape index (κ3) is 3.92. The van der Waals surface area contributed by atoms with Crippen LogP contribution in [-0.4, -0.2) is 20.5 Å². The lowest BCUT2D eigenvalue weighted by molar-refractivity contribution is -0.111. The molecule has 0 aliphatic carbocycles. The summed E-state index contributed by atoms with van der Waals surface area (Å²) in [5.74, 6) is 1.97. The Morgan fingerprint density at radius 2 is 1.17 bits per heavy atom. The molecule has 0 aliphatic rings. The van der Waals surface area contributed by atoms with Crippen molar-refractivity contribution in [2.45, 2.75) is 19.8 Å². The summed E-state index contributed by atoms with van der Waals surface area (Å²) in [5, 5.41) is 0. The van der Waals surface area contributed by atoms with Gasteiger partial charge in [-0.25, -0.2) is 0 Å². The number of carbonyl (C=O) groups is 1. The van der Waals surface area contributed by atoms with Crippen LogP contribution in [0.3, 0.4) is 0 Å². The van der Waals surface area contributed by atoms with E-state index in [0.717, 1.165) is 17.8 Å². The second kappa shape index (κ2) is 7.82. The first-order valence-electron chi connectivity index (χ1n) is 7.84. The second-order valence-electron chi connectivity index (χ2n) is 5.88. The zero-order chi connectivity index (χ0) is 16.8. The predicted molar refractivity (Wildman–Crippen MR) is 92.2 cm³/mol. The highest BCUT2D eigenvalue weighted by atomic mass is 16.5. The van der Waals surface area contributed by atoms with Gasteiger partial charge in [-0.15, -0.1) is 0 Å². The number of benzene rings is 2. The topological polar surface area (TPSA) is 35.5 Å². The smallest absolute Gasteiger partial charge is 0.123 e. The molecule has 0 amide bonds. The number of carbonyl (C=O) groups excluding carboxylic acids is 1. The molecule has 3 heteroatoms. The molecule has 122 valence electrons. The SMILES string of the molecule is COc1ccc(C(c2ccc(OC)cc2)[C@H](C)[C@@H](C)C=O)cc1. The van der Waals surface area contributed by atoms with Gasteiger partial charge in [-0.3, -0.25) is 0 Å². The number of methoxy groups -OCH3 is 2. The van der Waals surface area contributed by atoms with Crippen molar-refractivity contribution in [2.24, 2.45) is 11.8 Å². The highest BCUT2D eigenvalue weighted by molar-refractivity contribution is 5.54. The van der Waals surface area contributed by atoms with Crippen molar-refractivity contribution < 1.29 is 14.3 Å². The Balaban J connectivity index is 2.42. The van der Waals surface area contributed by atoms with Crippen LogP contribution in [-0.2, 0) is 4.79 Å². The Kier molecular flexibility index (Phi) is 5.80. The zero-order valence-corrected chi connectivity index (χ0v) is 14.2. The van der Waals surface area contributed by atoms with Crippen molar-refractivity contribution in [1.82, 2.24) is 0 Å². The summed E-state index contributed by atoms with van der Waals surface area (Å²) in [7, 11) is 3.32. The van der Waals surface area contributed by atoms with Crippen LogP contribution in [0.25, 0.3) is 0 Å². The van der Waals surface area contributed by atoms with Crippen molar-refractivity contribution in [3.05, 3.63) is 59.7 Å².